The van der Waals surface area contributed by atoms with Crippen molar-refractivity contribution in [2.45, 2.75) is 0 Å². The first-order valence-electron chi connectivity index (χ1n) is 2.66. The molecule has 4 nitrogen and oxygen atoms in total. The Bertz CT molecular complexity index is 404. The summed E-state index contributed by atoms with van der Waals surface area (Å²) in [6, 6.07) is 1.46. The van der Waals surface area contributed by atoms with Gasteiger partial charge < -0.3 is 0 Å². The second-order valence-corrected chi connectivity index (χ2v) is 2.67. The molecule has 0 radical (unpaired) electrons. The van der Waals surface area contributed by atoms with Gasteiger partial charge in [-0.05, 0) is 5.38 Å². The molecule has 50 valence electrons. The lowest BCUT2D eigenvalue weighted by atomic mass is 10.7. The van der Waals surface area contributed by atoms with Crippen molar-refractivity contribution in [3.63, 3.8) is 0 Å². The smallest absolute Gasteiger partial charge is 0.267 e. The number of rotatable bonds is 0. The molecule has 2 heterocycles. The highest BCUT2D eigenvalue weighted by molar-refractivity contribution is 7.15. The summed E-state index contributed by atoms with van der Waals surface area (Å²) in [4.78, 5) is 11.7. The van der Waals surface area contributed by atoms with E-state index in [1.54, 1.807) is 11.6 Å². The first-order chi connectivity index (χ1) is 4.88. The van der Waals surface area contributed by atoms with Gasteiger partial charge in [0.25, 0.3) is 5.56 Å². The minimum absolute atomic E-state index is 0.133. The molecule has 0 spiro atoms. The van der Waals surface area contributed by atoms with Crippen molar-refractivity contribution >= 4 is 16.2 Å². The predicted molar refractivity (Wildman–Crippen MR) is 37.1 cm³/mol. The molecule has 2 aromatic rings. The van der Waals surface area contributed by atoms with Crippen LogP contribution in [0.2, 0.25) is 0 Å². The summed E-state index contributed by atoms with van der Waals surface area (Å²) in [5.41, 5.74) is -0.133. The largest absolute Gasteiger partial charge is 0.274 e. The topological polar surface area (TPSA) is 47.3 Å². The zero-order chi connectivity index (χ0) is 6.97. The Morgan fingerprint density at radius 2 is 2.50 bits per heavy atom. The van der Waals surface area contributed by atoms with Crippen LogP contribution >= 0.6 is 11.3 Å². The van der Waals surface area contributed by atoms with Crippen molar-refractivity contribution < 1.29 is 0 Å². The predicted octanol–water partition coefficient (Wildman–Crippen LogP) is 0.151. The van der Waals surface area contributed by atoms with E-state index in [1.165, 1.54) is 21.9 Å². The van der Waals surface area contributed by atoms with Crippen LogP contribution in [0.4, 0.5) is 0 Å². The van der Waals surface area contributed by atoms with Crippen LogP contribution in [0.3, 0.4) is 0 Å². The molecule has 0 bridgehead atoms. The van der Waals surface area contributed by atoms with Crippen LogP contribution in [0.25, 0.3) is 4.83 Å². The summed E-state index contributed by atoms with van der Waals surface area (Å²) >= 11 is 1.44. The van der Waals surface area contributed by atoms with Crippen molar-refractivity contribution in [2.75, 3.05) is 0 Å². The lowest BCUT2D eigenvalue weighted by molar-refractivity contribution is 0.834. The Labute approximate surface area is 59.7 Å². The average molecular weight is 153 g/mol. The standard InChI is InChI=1S/C5H3N3OS/c9-4-1-2-10-5-3-6-7-8(4)5/h1-3H. The van der Waals surface area contributed by atoms with E-state index < -0.39 is 0 Å². The van der Waals surface area contributed by atoms with Gasteiger partial charge in [-0.3, -0.25) is 4.79 Å². The van der Waals surface area contributed by atoms with Gasteiger partial charge in [0.1, 0.15) is 4.83 Å². The lowest BCUT2D eigenvalue weighted by Gasteiger charge is -1.82. The van der Waals surface area contributed by atoms with Crippen LogP contribution in [0, 0.1) is 0 Å². The highest BCUT2D eigenvalue weighted by Crippen LogP contribution is 2.01. The van der Waals surface area contributed by atoms with Crippen LogP contribution in [0.15, 0.2) is 22.4 Å². The van der Waals surface area contributed by atoms with E-state index in [0.717, 1.165) is 4.83 Å². The molecule has 0 fully saturated rings. The molecule has 10 heavy (non-hydrogen) atoms. The molecular weight excluding hydrogens is 150 g/mol. The zero-order valence-electron chi connectivity index (χ0n) is 4.89. The number of hydrogen-bond donors (Lipinski definition) is 0. The molecule has 0 unspecified atom stereocenters. The van der Waals surface area contributed by atoms with E-state index in [2.05, 4.69) is 10.3 Å². The highest BCUT2D eigenvalue weighted by atomic mass is 32.1. The van der Waals surface area contributed by atoms with Crippen molar-refractivity contribution in [1.82, 2.24) is 14.8 Å². The fraction of sp³-hybridized carbons (Fsp3) is 0. The minimum atomic E-state index is -0.133. The molecule has 0 aliphatic rings. The van der Waals surface area contributed by atoms with E-state index in [9.17, 15) is 4.79 Å². The van der Waals surface area contributed by atoms with Gasteiger partial charge in [0, 0.05) is 6.07 Å². The molecule has 2 rings (SSSR count). The van der Waals surface area contributed by atoms with Gasteiger partial charge in [0.15, 0.2) is 0 Å². The maximum absolute atomic E-state index is 10.9. The molecule has 2 aromatic heterocycles. The van der Waals surface area contributed by atoms with Crippen molar-refractivity contribution in [3.8, 4) is 0 Å². The second kappa shape index (κ2) is 1.88. The summed E-state index contributed by atoms with van der Waals surface area (Å²) in [5, 5.41) is 8.89. The molecule has 0 saturated carbocycles. The summed E-state index contributed by atoms with van der Waals surface area (Å²) < 4.78 is 1.27. The normalized spacial score (nSPS) is 10.4. The van der Waals surface area contributed by atoms with E-state index in [4.69, 9.17) is 0 Å². The van der Waals surface area contributed by atoms with Gasteiger partial charge in [0.2, 0.25) is 0 Å². The Kier molecular flexibility index (Phi) is 1.04. The first kappa shape index (κ1) is 5.55. The van der Waals surface area contributed by atoms with Crippen LogP contribution in [-0.2, 0) is 0 Å². The summed E-state index contributed by atoms with van der Waals surface area (Å²) in [6.45, 7) is 0. The molecule has 0 atom stereocenters. The third-order valence-electron chi connectivity index (χ3n) is 1.13. The fourth-order valence-electron chi connectivity index (χ4n) is 0.691. The summed E-state index contributed by atoms with van der Waals surface area (Å²) in [5.74, 6) is 0. The molecule has 5 heteroatoms. The molecule has 0 N–H and O–H groups in total. The van der Waals surface area contributed by atoms with Crippen molar-refractivity contribution in [3.05, 3.63) is 28.0 Å². The Hall–Kier alpha value is -1.23. The van der Waals surface area contributed by atoms with Crippen molar-refractivity contribution in [2.24, 2.45) is 0 Å². The highest BCUT2D eigenvalue weighted by Gasteiger charge is 1.95. The SMILES string of the molecule is O=c1ccsc2cnnn12. The molecular formula is C5H3N3OS. The molecule has 0 amide bonds. The van der Waals surface area contributed by atoms with Gasteiger partial charge in [-0.2, -0.15) is 4.52 Å². The van der Waals surface area contributed by atoms with E-state index in [0.29, 0.717) is 0 Å². The van der Waals surface area contributed by atoms with Crippen molar-refractivity contribution in [1.29, 1.82) is 0 Å². The number of nitrogens with zero attached hydrogens (tertiary/aromatic N) is 3. The number of aromatic nitrogens is 3. The van der Waals surface area contributed by atoms with Crippen LogP contribution in [0.5, 0.6) is 0 Å². The van der Waals surface area contributed by atoms with E-state index in [1.807, 2.05) is 0 Å². The van der Waals surface area contributed by atoms with Gasteiger partial charge in [-0.25, -0.2) is 0 Å². The van der Waals surface area contributed by atoms with E-state index in [-0.39, 0.29) is 5.56 Å². The van der Waals surface area contributed by atoms with Crippen LogP contribution < -0.4 is 5.56 Å². The maximum atomic E-state index is 10.9. The Morgan fingerprint density at radius 1 is 1.60 bits per heavy atom. The van der Waals surface area contributed by atoms with Gasteiger partial charge >= 0.3 is 0 Å². The Balaban J connectivity index is 3.09. The minimum Gasteiger partial charge on any atom is -0.267 e. The second-order valence-electron chi connectivity index (χ2n) is 1.74. The third kappa shape index (κ3) is 0.640. The van der Waals surface area contributed by atoms with Crippen LogP contribution in [-0.4, -0.2) is 14.8 Å². The van der Waals surface area contributed by atoms with Gasteiger partial charge in [-0.15, -0.1) is 16.4 Å². The molecule has 0 saturated heterocycles. The van der Waals surface area contributed by atoms with Gasteiger partial charge in [0.05, 0.1) is 6.20 Å². The lowest BCUT2D eigenvalue weighted by Crippen LogP contribution is -2.10. The monoisotopic (exact) mass is 153 g/mol. The Morgan fingerprint density at radius 3 is 3.30 bits per heavy atom. The zero-order valence-corrected chi connectivity index (χ0v) is 5.71. The number of hydrogen-bond acceptors (Lipinski definition) is 4. The van der Waals surface area contributed by atoms with Gasteiger partial charge in [-0.1, -0.05) is 5.21 Å². The molecule has 0 aromatic carbocycles. The fourth-order valence-corrected chi connectivity index (χ4v) is 1.35. The quantitative estimate of drug-likeness (QED) is 0.541. The average Bonchev–Trinajstić information content (AvgIpc) is 2.36. The maximum Gasteiger partial charge on any atom is 0.274 e. The third-order valence-corrected chi connectivity index (χ3v) is 1.92. The van der Waals surface area contributed by atoms with E-state index >= 15 is 0 Å². The number of fused-ring (bicyclic) bond motifs is 1. The van der Waals surface area contributed by atoms with Crippen LogP contribution in [0.1, 0.15) is 0 Å². The summed E-state index contributed by atoms with van der Waals surface area (Å²) in [7, 11) is 0. The molecule has 0 aliphatic carbocycles. The molecule has 0 aliphatic heterocycles. The summed E-state index contributed by atoms with van der Waals surface area (Å²) in [6.07, 6.45) is 1.56. The first-order valence-corrected chi connectivity index (χ1v) is 3.54.